The Morgan fingerprint density at radius 2 is 1.89 bits per heavy atom. The lowest BCUT2D eigenvalue weighted by Crippen LogP contribution is -2.15. The van der Waals surface area contributed by atoms with Crippen LogP contribution in [0.15, 0.2) is 36.5 Å². The van der Waals surface area contributed by atoms with Crippen LogP contribution in [0.25, 0.3) is 0 Å². The van der Waals surface area contributed by atoms with Crippen molar-refractivity contribution < 1.29 is 9.53 Å². The second-order valence-corrected chi connectivity index (χ2v) is 4.30. The molecule has 0 aliphatic rings. The van der Waals surface area contributed by atoms with E-state index in [1.807, 2.05) is 37.3 Å². The number of hydrogen-bond donors (Lipinski definition) is 0. The predicted molar refractivity (Wildman–Crippen MR) is 77.4 cm³/mol. The normalized spacial score (nSPS) is 13.7. The zero-order chi connectivity index (χ0) is 13.6. The van der Waals surface area contributed by atoms with Crippen molar-refractivity contribution in [1.82, 2.24) is 0 Å². The van der Waals surface area contributed by atoms with Crippen LogP contribution in [0.1, 0.15) is 52.9 Å². The minimum Gasteiger partial charge on any atom is -0.462 e. The van der Waals surface area contributed by atoms with Crippen LogP contribution in [-0.2, 0) is 9.53 Å². The fraction of sp³-hybridized carbons (Fsp3) is 0.562. The van der Waals surface area contributed by atoms with Gasteiger partial charge in [0, 0.05) is 13.3 Å². The first-order valence-electron chi connectivity index (χ1n) is 6.82. The molecular formula is C16H26O2. The molecule has 0 amide bonds. The Morgan fingerprint density at radius 3 is 2.50 bits per heavy atom. The summed E-state index contributed by atoms with van der Waals surface area (Å²) in [6.07, 6.45) is 17.3. The van der Waals surface area contributed by atoms with E-state index in [1.54, 1.807) is 0 Å². The standard InChI is InChI=1S/C16H26O2/c1-4-6-8-9-10-12-14-16(18-15(3)17)13-11-7-5-2/h4,6,8-10,12,16H,5,7,11,13-14H2,1-3H3/b6-4+,9-8+,12-10+. The minimum atomic E-state index is -0.186. The van der Waals surface area contributed by atoms with Crippen molar-refractivity contribution >= 4 is 5.97 Å². The summed E-state index contributed by atoms with van der Waals surface area (Å²) in [6.45, 7) is 5.63. The molecule has 0 aliphatic heterocycles. The number of allylic oxidation sites excluding steroid dienone is 5. The van der Waals surface area contributed by atoms with Crippen LogP contribution < -0.4 is 0 Å². The third-order valence-electron chi connectivity index (χ3n) is 2.52. The first kappa shape index (κ1) is 16.7. The van der Waals surface area contributed by atoms with Crippen LogP contribution in [0.2, 0.25) is 0 Å². The first-order valence-corrected chi connectivity index (χ1v) is 6.82. The number of carbonyl (C=O) groups excluding carboxylic acids is 1. The molecule has 2 nitrogen and oxygen atoms in total. The summed E-state index contributed by atoms with van der Waals surface area (Å²) >= 11 is 0. The lowest BCUT2D eigenvalue weighted by atomic mass is 10.1. The van der Waals surface area contributed by atoms with Gasteiger partial charge in [-0.3, -0.25) is 4.79 Å². The van der Waals surface area contributed by atoms with Gasteiger partial charge in [0.2, 0.25) is 0 Å². The molecule has 0 heterocycles. The van der Waals surface area contributed by atoms with Crippen molar-refractivity contribution in [1.29, 1.82) is 0 Å². The summed E-state index contributed by atoms with van der Waals surface area (Å²) in [7, 11) is 0. The molecule has 0 aromatic heterocycles. The fourth-order valence-corrected chi connectivity index (χ4v) is 1.63. The Bertz CT molecular complexity index is 287. The van der Waals surface area contributed by atoms with E-state index in [-0.39, 0.29) is 12.1 Å². The summed E-state index contributed by atoms with van der Waals surface area (Å²) in [4.78, 5) is 11.0. The molecule has 0 fully saturated rings. The zero-order valence-electron chi connectivity index (χ0n) is 11.9. The molecule has 0 saturated heterocycles. The Hall–Kier alpha value is -1.31. The SMILES string of the molecule is C/C=C/C=C/C=C/CC(CCCCC)OC(C)=O. The molecule has 0 bridgehead atoms. The van der Waals surface area contributed by atoms with E-state index < -0.39 is 0 Å². The van der Waals surface area contributed by atoms with Crippen LogP contribution in [0, 0.1) is 0 Å². The van der Waals surface area contributed by atoms with Gasteiger partial charge in [0.05, 0.1) is 0 Å². The topological polar surface area (TPSA) is 26.3 Å². The molecular weight excluding hydrogens is 224 g/mol. The van der Waals surface area contributed by atoms with Crippen LogP contribution in [0.4, 0.5) is 0 Å². The lowest BCUT2D eigenvalue weighted by Gasteiger charge is -2.14. The Morgan fingerprint density at radius 1 is 1.17 bits per heavy atom. The van der Waals surface area contributed by atoms with Gasteiger partial charge in [-0.1, -0.05) is 56.2 Å². The fourth-order valence-electron chi connectivity index (χ4n) is 1.63. The number of ether oxygens (including phenoxy) is 1. The molecule has 0 rings (SSSR count). The zero-order valence-corrected chi connectivity index (χ0v) is 11.9. The second kappa shape index (κ2) is 12.2. The van der Waals surface area contributed by atoms with Crippen LogP contribution in [-0.4, -0.2) is 12.1 Å². The van der Waals surface area contributed by atoms with E-state index in [4.69, 9.17) is 4.74 Å². The molecule has 102 valence electrons. The van der Waals surface area contributed by atoms with E-state index in [0.29, 0.717) is 0 Å². The highest BCUT2D eigenvalue weighted by atomic mass is 16.5. The molecule has 0 spiro atoms. The van der Waals surface area contributed by atoms with Gasteiger partial charge in [-0.25, -0.2) is 0 Å². The summed E-state index contributed by atoms with van der Waals surface area (Å²) in [5.41, 5.74) is 0. The van der Waals surface area contributed by atoms with Crippen LogP contribution >= 0.6 is 0 Å². The third kappa shape index (κ3) is 11.2. The van der Waals surface area contributed by atoms with E-state index >= 15 is 0 Å². The predicted octanol–water partition coefficient (Wildman–Crippen LogP) is 4.58. The smallest absolute Gasteiger partial charge is 0.302 e. The number of esters is 1. The second-order valence-electron chi connectivity index (χ2n) is 4.30. The third-order valence-corrected chi connectivity index (χ3v) is 2.52. The van der Waals surface area contributed by atoms with Crippen LogP contribution in [0.3, 0.4) is 0 Å². The Balaban J connectivity index is 4.02. The minimum absolute atomic E-state index is 0.0282. The largest absolute Gasteiger partial charge is 0.462 e. The summed E-state index contributed by atoms with van der Waals surface area (Å²) in [5.74, 6) is -0.186. The van der Waals surface area contributed by atoms with Crippen molar-refractivity contribution in [3.63, 3.8) is 0 Å². The average molecular weight is 250 g/mol. The summed E-state index contributed by atoms with van der Waals surface area (Å²) in [5, 5.41) is 0. The van der Waals surface area contributed by atoms with Gasteiger partial charge in [-0.2, -0.15) is 0 Å². The molecule has 0 saturated carbocycles. The van der Waals surface area contributed by atoms with Gasteiger partial charge >= 0.3 is 5.97 Å². The van der Waals surface area contributed by atoms with Gasteiger partial charge in [-0.15, -0.1) is 0 Å². The lowest BCUT2D eigenvalue weighted by molar-refractivity contribution is -0.146. The maximum Gasteiger partial charge on any atom is 0.302 e. The maximum absolute atomic E-state index is 11.0. The monoisotopic (exact) mass is 250 g/mol. The van der Waals surface area contributed by atoms with E-state index in [1.165, 1.54) is 19.8 Å². The van der Waals surface area contributed by atoms with Crippen LogP contribution in [0.5, 0.6) is 0 Å². The van der Waals surface area contributed by atoms with E-state index in [0.717, 1.165) is 19.3 Å². The van der Waals surface area contributed by atoms with Crippen molar-refractivity contribution in [2.45, 2.75) is 59.0 Å². The molecule has 0 aliphatic carbocycles. The molecule has 1 atom stereocenters. The molecule has 0 aromatic rings. The number of carbonyl (C=O) groups is 1. The van der Waals surface area contributed by atoms with E-state index in [9.17, 15) is 4.79 Å². The van der Waals surface area contributed by atoms with Gasteiger partial charge < -0.3 is 4.74 Å². The summed E-state index contributed by atoms with van der Waals surface area (Å²) in [6, 6.07) is 0. The van der Waals surface area contributed by atoms with Gasteiger partial charge in [0.1, 0.15) is 6.10 Å². The highest BCUT2D eigenvalue weighted by Gasteiger charge is 2.09. The quantitative estimate of drug-likeness (QED) is 0.340. The van der Waals surface area contributed by atoms with Gasteiger partial charge in [0.15, 0.2) is 0 Å². The van der Waals surface area contributed by atoms with Gasteiger partial charge in [-0.05, 0) is 19.8 Å². The highest BCUT2D eigenvalue weighted by Crippen LogP contribution is 2.11. The summed E-state index contributed by atoms with van der Waals surface area (Å²) < 4.78 is 5.30. The molecule has 0 N–H and O–H groups in total. The van der Waals surface area contributed by atoms with Crippen molar-refractivity contribution in [3.8, 4) is 0 Å². The van der Waals surface area contributed by atoms with Crippen molar-refractivity contribution in [2.75, 3.05) is 0 Å². The Kier molecular flexibility index (Phi) is 11.3. The highest BCUT2D eigenvalue weighted by molar-refractivity contribution is 5.66. The molecule has 2 heteroatoms. The maximum atomic E-state index is 11.0. The molecule has 18 heavy (non-hydrogen) atoms. The number of rotatable bonds is 9. The molecule has 0 aromatic carbocycles. The van der Waals surface area contributed by atoms with E-state index in [2.05, 4.69) is 13.0 Å². The molecule has 0 radical (unpaired) electrons. The first-order chi connectivity index (χ1) is 8.70. The molecule has 1 unspecified atom stereocenters. The number of unbranched alkanes of at least 4 members (excludes halogenated alkanes) is 2. The van der Waals surface area contributed by atoms with Crippen molar-refractivity contribution in [2.24, 2.45) is 0 Å². The van der Waals surface area contributed by atoms with Gasteiger partial charge in [0.25, 0.3) is 0 Å². The number of hydrogen-bond acceptors (Lipinski definition) is 2. The van der Waals surface area contributed by atoms with Crippen molar-refractivity contribution in [3.05, 3.63) is 36.5 Å². The Labute approximate surface area is 111 Å². The average Bonchev–Trinajstić information content (AvgIpc) is 2.33.